The molecule has 4 aliphatic rings. The van der Waals surface area contributed by atoms with Gasteiger partial charge < -0.3 is 4.74 Å². The molecule has 4 nitrogen and oxygen atoms in total. The molecule has 0 unspecified atom stereocenters. The van der Waals surface area contributed by atoms with Crippen molar-refractivity contribution >= 4 is 33.4 Å². The van der Waals surface area contributed by atoms with Crippen LogP contribution in [0.5, 0.6) is 11.5 Å². The summed E-state index contributed by atoms with van der Waals surface area (Å²) in [5.74, 6) is -0.0315. The lowest BCUT2D eigenvalue weighted by molar-refractivity contribution is -0.122. The molecule has 8 rings (SSSR count). The van der Waals surface area contributed by atoms with E-state index in [4.69, 9.17) is 4.74 Å². The molecular weight excluding hydrogens is 514 g/mol. The van der Waals surface area contributed by atoms with E-state index in [1.165, 1.54) is 4.90 Å². The predicted octanol–water partition coefficient (Wildman–Crippen LogP) is 6.69. The van der Waals surface area contributed by atoms with E-state index < -0.39 is 16.2 Å². The smallest absolute Gasteiger partial charge is 0.239 e. The van der Waals surface area contributed by atoms with Gasteiger partial charge in [0.05, 0.1) is 21.8 Å². The van der Waals surface area contributed by atoms with Gasteiger partial charge >= 0.3 is 0 Å². The number of nitrogens with zero attached hydrogens (tertiary/aromatic N) is 1. The molecule has 2 atom stereocenters. The van der Waals surface area contributed by atoms with E-state index >= 15 is 0 Å². The van der Waals surface area contributed by atoms with Gasteiger partial charge in [-0.15, -0.1) is 0 Å². The first-order chi connectivity index (χ1) is 17.5. The molecule has 1 saturated heterocycles. The molecule has 0 N–H and O–H groups in total. The van der Waals surface area contributed by atoms with Crippen LogP contribution in [0.15, 0.2) is 97.1 Å². The number of alkyl halides is 1. The summed E-state index contributed by atoms with van der Waals surface area (Å²) in [4.78, 5) is 29.4. The molecule has 1 fully saturated rings. The quantitative estimate of drug-likeness (QED) is 0.217. The Hall–Kier alpha value is -3.70. The van der Waals surface area contributed by atoms with Crippen molar-refractivity contribution in [2.75, 3.05) is 4.90 Å². The minimum atomic E-state index is -0.740. The highest BCUT2D eigenvalue weighted by atomic mass is 79.9. The van der Waals surface area contributed by atoms with Crippen molar-refractivity contribution < 1.29 is 14.3 Å². The van der Waals surface area contributed by atoms with Gasteiger partial charge in [-0.3, -0.25) is 9.59 Å². The first-order valence-electron chi connectivity index (χ1n) is 12.1. The molecule has 0 radical (unpaired) electrons. The van der Waals surface area contributed by atoms with Gasteiger partial charge in [0.2, 0.25) is 11.8 Å². The molecule has 0 saturated carbocycles. The van der Waals surface area contributed by atoms with Crippen LogP contribution in [-0.4, -0.2) is 11.8 Å². The second kappa shape index (κ2) is 7.65. The molecular formula is C31H22BrNO3. The third-order valence-electron chi connectivity index (χ3n) is 7.87. The van der Waals surface area contributed by atoms with E-state index in [0.717, 1.165) is 33.6 Å². The molecule has 4 aromatic carbocycles. The molecule has 2 amide bonds. The summed E-state index contributed by atoms with van der Waals surface area (Å²) in [6.07, 6.45) is 0. The first kappa shape index (κ1) is 21.6. The zero-order valence-electron chi connectivity index (χ0n) is 19.5. The molecule has 176 valence electrons. The van der Waals surface area contributed by atoms with Gasteiger partial charge in [-0.2, -0.15) is 0 Å². The fraction of sp³-hybridized carbons (Fsp3) is 0.161. The summed E-state index contributed by atoms with van der Waals surface area (Å²) in [5, 5.41) is 0. The monoisotopic (exact) mass is 535 g/mol. The Bertz CT molecular complexity index is 1500. The van der Waals surface area contributed by atoms with E-state index in [9.17, 15) is 9.59 Å². The zero-order chi connectivity index (χ0) is 24.6. The Balaban J connectivity index is 1.28. The number of rotatable bonds is 3. The molecule has 2 bridgehead atoms. The van der Waals surface area contributed by atoms with E-state index in [-0.39, 0.29) is 17.7 Å². The van der Waals surface area contributed by atoms with Crippen LogP contribution in [-0.2, 0) is 13.9 Å². The summed E-state index contributed by atoms with van der Waals surface area (Å²) >= 11 is 4.04. The molecule has 36 heavy (non-hydrogen) atoms. The molecule has 0 spiro atoms. The minimum absolute atomic E-state index is 0.143. The summed E-state index contributed by atoms with van der Waals surface area (Å²) in [5.41, 5.74) is 6.14. The highest BCUT2D eigenvalue weighted by molar-refractivity contribution is 9.09. The average molecular weight is 536 g/mol. The van der Waals surface area contributed by atoms with Gasteiger partial charge in [0.1, 0.15) is 11.5 Å². The molecule has 1 aliphatic heterocycles. The molecule has 3 aliphatic carbocycles. The predicted molar refractivity (Wildman–Crippen MR) is 142 cm³/mol. The van der Waals surface area contributed by atoms with Gasteiger partial charge in [0, 0.05) is 5.92 Å². The van der Waals surface area contributed by atoms with Crippen LogP contribution in [0, 0.1) is 18.8 Å². The van der Waals surface area contributed by atoms with Crippen molar-refractivity contribution in [1.29, 1.82) is 0 Å². The standard InChI is InChI=1S/C31H22BrNO3/c1-18-10-14-20(15-11-18)36-21-16-12-19(13-17-21)33-29(34)27-26-22-6-2-4-8-24(22)31(32,28(27)30(33)35)25-9-5-3-7-23(25)26/h2-17,26-28H,1H3/t26?,27-,28-,31?/m0/s1. The van der Waals surface area contributed by atoms with Crippen molar-refractivity contribution in [3.05, 3.63) is 125 Å². The third-order valence-corrected chi connectivity index (χ3v) is 9.21. The number of amides is 2. The summed E-state index contributed by atoms with van der Waals surface area (Å²) in [6, 6.07) is 31.4. The maximum atomic E-state index is 14.0. The van der Waals surface area contributed by atoms with Gasteiger partial charge in [0.15, 0.2) is 0 Å². The first-order valence-corrected chi connectivity index (χ1v) is 12.9. The maximum absolute atomic E-state index is 14.0. The Labute approximate surface area is 217 Å². The highest BCUT2D eigenvalue weighted by Crippen LogP contribution is 2.66. The van der Waals surface area contributed by atoms with E-state index in [2.05, 4.69) is 40.2 Å². The fourth-order valence-corrected chi connectivity index (χ4v) is 7.54. The number of benzene rings is 4. The molecule has 0 aromatic heterocycles. The average Bonchev–Trinajstić information content (AvgIpc) is 3.17. The van der Waals surface area contributed by atoms with Crippen LogP contribution in [0.2, 0.25) is 0 Å². The van der Waals surface area contributed by atoms with Crippen LogP contribution in [0.3, 0.4) is 0 Å². The Morgan fingerprint density at radius 2 is 1.25 bits per heavy atom. The SMILES string of the molecule is Cc1ccc(Oc2ccc(N3C(=O)[C@@H]4[C@@H](C3=O)C3c5ccccc5C4(Br)c4ccccc43)cc2)cc1. The Morgan fingerprint density at radius 1 is 0.722 bits per heavy atom. The summed E-state index contributed by atoms with van der Waals surface area (Å²) < 4.78 is 5.21. The number of carbonyl (C=O) groups is 2. The normalized spacial score (nSPS) is 25.4. The van der Waals surface area contributed by atoms with Crippen molar-refractivity contribution in [2.45, 2.75) is 17.2 Å². The van der Waals surface area contributed by atoms with Crippen LogP contribution < -0.4 is 9.64 Å². The van der Waals surface area contributed by atoms with Crippen LogP contribution >= 0.6 is 15.9 Å². The highest BCUT2D eigenvalue weighted by Gasteiger charge is 2.67. The van der Waals surface area contributed by atoms with Crippen molar-refractivity contribution in [2.24, 2.45) is 11.8 Å². The lowest BCUT2D eigenvalue weighted by Gasteiger charge is -2.51. The van der Waals surface area contributed by atoms with Crippen LogP contribution in [0.25, 0.3) is 0 Å². The number of aryl methyl sites for hydroxylation is 1. The van der Waals surface area contributed by atoms with Crippen molar-refractivity contribution in [1.82, 2.24) is 0 Å². The number of ether oxygens (including phenoxy) is 1. The number of anilines is 1. The van der Waals surface area contributed by atoms with Gasteiger partial charge in [-0.25, -0.2) is 4.90 Å². The summed E-state index contributed by atoms with van der Waals surface area (Å²) in [7, 11) is 0. The second-order valence-electron chi connectivity index (χ2n) is 9.79. The fourth-order valence-electron chi connectivity index (χ4n) is 6.34. The van der Waals surface area contributed by atoms with Crippen molar-refractivity contribution in [3.8, 4) is 11.5 Å². The maximum Gasteiger partial charge on any atom is 0.239 e. The number of hydrogen-bond acceptors (Lipinski definition) is 3. The minimum Gasteiger partial charge on any atom is -0.457 e. The Morgan fingerprint density at radius 3 is 1.83 bits per heavy atom. The summed E-state index contributed by atoms with van der Waals surface area (Å²) in [6.45, 7) is 2.03. The lowest BCUT2D eigenvalue weighted by atomic mass is 9.55. The molecule has 5 heteroatoms. The number of halogens is 1. The van der Waals surface area contributed by atoms with Crippen LogP contribution in [0.1, 0.15) is 33.7 Å². The molecule has 1 heterocycles. The van der Waals surface area contributed by atoms with Gasteiger partial charge in [-0.05, 0) is 65.6 Å². The number of carbonyl (C=O) groups excluding carboxylic acids is 2. The lowest BCUT2D eigenvalue weighted by Crippen LogP contribution is -2.50. The topological polar surface area (TPSA) is 46.6 Å². The Kier molecular flexibility index (Phi) is 4.58. The van der Waals surface area contributed by atoms with Crippen molar-refractivity contribution in [3.63, 3.8) is 0 Å². The number of hydrogen-bond donors (Lipinski definition) is 0. The molecule has 4 aromatic rings. The zero-order valence-corrected chi connectivity index (χ0v) is 21.1. The third kappa shape index (κ3) is 2.80. The largest absolute Gasteiger partial charge is 0.457 e. The number of imide groups is 1. The second-order valence-corrected chi connectivity index (χ2v) is 11.0. The van der Waals surface area contributed by atoms with E-state index in [1.54, 1.807) is 24.3 Å². The van der Waals surface area contributed by atoms with Gasteiger partial charge in [-0.1, -0.05) is 82.2 Å². The van der Waals surface area contributed by atoms with E-state index in [0.29, 0.717) is 11.4 Å². The van der Waals surface area contributed by atoms with E-state index in [1.807, 2.05) is 55.5 Å². The van der Waals surface area contributed by atoms with Crippen LogP contribution in [0.4, 0.5) is 5.69 Å². The van der Waals surface area contributed by atoms with Gasteiger partial charge in [0.25, 0.3) is 0 Å².